The summed E-state index contributed by atoms with van der Waals surface area (Å²) in [6, 6.07) is 11.0. The zero-order valence-corrected chi connectivity index (χ0v) is 13.5. The Balaban J connectivity index is 1.64. The maximum Gasteiger partial charge on any atom is 0.251 e. The standard InChI is InChI=1S/C17H17N3O2S/c1-17(22,15-3-2-10-23-15)11-19-16(21)13-4-6-14(7-5-13)20-9-8-18-12-20/h2-10,12,22H,11H2,1H3,(H,19,21). The van der Waals surface area contributed by atoms with Crippen molar-refractivity contribution in [3.05, 3.63) is 70.9 Å². The summed E-state index contributed by atoms with van der Waals surface area (Å²) >= 11 is 1.47. The second-order valence-electron chi connectivity index (χ2n) is 5.45. The van der Waals surface area contributed by atoms with Gasteiger partial charge in [-0.05, 0) is 42.6 Å². The predicted molar refractivity (Wildman–Crippen MR) is 89.8 cm³/mol. The minimum Gasteiger partial charge on any atom is -0.383 e. The third-order valence-corrected chi connectivity index (χ3v) is 4.70. The molecule has 1 amide bonds. The third kappa shape index (κ3) is 3.49. The molecule has 0 saturated heterocycles. The number of carbonyl (C=O) groups is 1. The quantitative estimate of drug-likeness (QED) is 0.757. The number of carbonyl (C=O) groups excluding carboxylic acids is 1. The highest BCUT2D eigenvalue weighted by Gasteiger charge is 2.25. The van der Waals surface area contributed by atoms with Crippen LogP contribution in [0.25, 0.3) is 5.69 Å². The first-order valence-electron chi connectivity index (χ1n) is 7.19. The smallest absolute Gasteiger partial charge is 0.251 e. The van der Waals surface area contributed by atoms with Crippen LogP contribution in [-0.2, 0) is 5.60 Å². The van der Waals surface area contributed by atoms with Crippen LogP contribution in [-0.4, -0.2) is 27.1 Å². The third-order valence-electron chi connectivity index (χ3n) is 3.58. The van der Waals surface area contributed by atoms with Crippen LogP contribution in [0.5, 0.6) is 0 Å². The highest BCUT2D eigenvalue weighted by molar-refractivity contribution is 7.10. The molecule has 23 heavy (non-hydrogen) atoms. The molecule has 0 aliphatic heterocycles. The summed E-state index contributed by atoms with van der Waals surface area (Å²) in [5.41, 5.74) is 0.418. The Kier molecular flexibility index (Phi) is 4.27. The summed E-state index contributed by atoms with van der Waals surface area (Å²) in [6.45, 7) is 1.86. The fraction of sp³-hybridized carbons (Fsp3) is 0.176. The summed E-state index contributed by atoms with van der Waals surface area (Å²) in [7, 11) is 0. The van der Waals surface area contributed by atoms with Crippen LogP contribution < -0.4 is 5.32 Å². The normalized spacial score (nSPS) is 13.5. The van der Waals surface area contributed by atoms with E-state index in [1.165, 1.54) is 11.3 Å². The van der Waals surface area contributed by atoms with Crippen molar-refractivity contribution in [3.63, 3.8) is 0 Å². The van der Waals surface area contributed by atoms with Gasteiger partial charge in [0.25, 0.3) is 5.91 Å². The summed E-state index contributed by atoms with van der Waals surface area (Å²) in [6.07, 6.45) is 5.24. The van der Waals surface area contributed by atoms with Crippen LogP contribution in [0.3, 0.4) is 0 Å². The number of aliphatic hydroxyl groups is 1. The largest absolute Gasteiger partial charge is 0.383 e. The first kappa shape index (κ1) is 15.5. The van der Waals surface area contributed by atoms with E-state index in [4.69, 9.17) is 0 Å². The SMILES string of the molecule is CC(O)(CNC(=O)c1ccc(-n2ccnc2)cc1)c1cccs1. The van der Waals surface area contributed by atoms with Gasteiger partial charge in [-0.15, -0.1) is 11.3 Å². The number of nitrogens with one attached hydrogen (secondary N) is 1. The van der Waals surface area contributed by atoms with E-state index in [0.29, 0.717) is 5.56 Å². The zero-order valence-electron chi connectivity index (χ0n) is 12.6. The van der Waals surface area contributed by atoms with Crippen molar-refractivity contribution in [1.82, 2.24) is 14.9 Å². The van der Waals surface area contributed by atoms with E-state index in [1.807, 2.05) is 40.4 Å². The zero-order chi connectivity index (χ0) is 16.3. The Morgan fingerprint density at radius 1 is 1.35 bits per heavy atom. The lowest BCUT2D eigenvalue weighted by atomic mass is 10.0. The summed E-state index contributed by atoms with van der Waals surface area (Å²) in [5.74, 6) is -0.209. The van der Waals surface area contributed by atoms with Crippen LogP contribution in [0.15, 0.2) is 60.5 Å². The van der Waals surface area contributed by atoms with Crippen molar-refractivity contribution in [2.45, 2.75) is 12.5 Å². The van der Waals surface area contributed by atoms with Crippen LogP contribution in [0.1, 0.15) is 22.2 Å². The van der Waals surface area contributed by atoms with Gasteiger partial charge in [-0.25, -0.2) is 4.98 Å². The molecule has 2 aromatic heterocycles. The monoisotopic (exact) mass is 327 g/mol. The molecule has 2 N–H and O–H groups in total. The molecule has 0 radical (unpaired) electrons. The van der Waals surface area contributed by atoms with E-state index in [0.717, 1.165) is 10.6 Å². The maximum atomic E-state index is 12.2. The molecule has 118 valence electrons. The van der Waals surface area contributed by atoms with Crippen molar-refractivity contribution in [1.29, 1.82) is 0 Å². The molecular weight excluding hydrogens is 310 g/mol. The van der Waals surface area contributed by atoms with E-state index in [1.54, 1.807) is 31.6 Å². The molecule has 0 saturated carbocycles. The Labute approximate surface area is 138 Å². The van der Waals surface area contributed by atoms with Crippen molar-refractivity contribution in [2.75, 3.05) is 6.54 Å². The Hall–Kier alpha value is -2.44. The average Bonchev–Trinajstić information content (AvgIpc) is 3.26. The van der Waals surface area contributed by atoms with Crippen LogP contribution in [0.2, 0.25) is 0 Å². The second kappa shape index (κ2) is 6.36. The number of rotatable bonds is 5. The molecule has 0 bridgehead atoms. The van der Waals surface area contributed by atoms with Gasteiger partial charge in [-0.1, -0.05) is 6.07 Å². The molecule has 1 aromatic carbocycles. The lowest BCUT2D eigenvalue weighted by molar-refractivity contribution is 0.0557. The number of hydrogen-bond acceptors (Lipinski definition) is 4. The van der Waals surface area contributed by atoms with Gasteiger partial charge < -0.3 is 15.0 Å². The number of nitrogens with zero attached hydrogens (tertiary/aromatic N) is 2. The number of imidazole rings is 1. The first-order valence-corrected chi connectivity index (χ1v) is 8.07. The lowest BCUT2D eigenvalue weighted by Gasteiger charge is -2.22. The Bertz CT molecular complexity index is 763. The van der Waals surface area contributed by atoms with E-state index < -0.39 is 5.60 Å². The van der Waals surface area contributed by atoms with Gasteiger partial charge >= 0.3 is 0 Å². The summed E-state index contributed by atoms with van der Waals surface area (Å²) in [5, 5.41) is 15.1. The number of aromatic nitrogens is 2. The van der Waals surface area contributed by atoms with E-state index in [9.17, 15) is 9.90 Å². The van der Waals surface area contributed by atoms with Gasteiger partial charge in [0, 0.05) is 28.5 Å². The molecule has 0 fully saturated rings. The van der Waals surface area contributed by atoms with Crippen LogP contribution in [0, 0.1) is 0 Å². The number of amides is 1. The Morgan fingerprint density at radius 3 is 2.74 bits per heavy atom. The second-order valence-corrected chi connectivity index (χ2v) is 6.40. The molecular formula is C17H17N3O2S. The molecule has 2 heterocycles. The molecule has 3 aromatic rings. The summed E-state index contributed by atoms with van der Waals surface area (Å²) in [4.78, 5) is 17.0. The minimum absolute atomic E-state index is 0.162. The molecule has 3 rings (SSSR count). The highest BCUT2D eigenvalue weighted by atomic mass is 32.1. The fourth-order valence-electron chi connectivity index (χ4n) is 2.22. The lowest BCUT2D eigenvalue weighted by Crippen LogP contribution is -2.38. The molecule has 1 unspecified atom stereocenters. The Morgan fingerprint density at radius 2 is 2.13 bits per heavy atom. The van der Waals surface area contributed by atoms with Gasteiger partial charge in [0.05, 0.1) is 12.9 Å². The highest BCUT2D eigenvalue weighted by Crippen LogP contribution is 2.24. The number of benzene rings is 1. The van der Waals surface area contributed by atoms with Gasteiger partial charge in [0.1, 0.15) is 5.60 Å². The fourth-order valence-corrected chi connectivity index (χ4v) is 3.01. The number of hydrogen-bond donors (Lipinski definition) is 2. The van der Waals surface area contributed by atoms with Gasteiger partial charge in [-0.3, -0.25) is 4.79 Å². The van der Waals surface area contributed by atoms with Crippen molar-refractivity contribution >= 4 is 17.2 Å². The van der Waals surface area contributed by atoms with Crippen LogP contribution in [0.4, 0.5) is 0 Å². The number of thiophene rings is 1. The molecule has 6 heteroatoms. The first-order chi connectivity index (χ1) is 11.1. The average molecular weight is 327 g/mol. The van der Waals surface area contributed by atoms with Gasteiger partial charge in [-0.2, -0.15) is 0 Å². The van der Waals surface area contributed by atoms with Gasteiger partial charge in [0.2, 0.25) is 0 Å². The van der Waals surface area contributed by atoms with Crippen molar-refractivity contribution in [2.24, 2.45) is 0 Å². The van der Waals surface area contributed by atoms with Crippen molar-refractivity contribution in [3.8, 4) is 5.69 Å². The minimum atomic E-state index is -1.07. The van der Waals surface area contributed by atoms with Crippen LogP contribution >= 0.6 is 11.3 Å². The topological polar surface area (TPSA) is 67.2 Å². The molecule has 0 spiro atoms. The summed E-state index contributed by atoms with van der Waals surface area (Å²) < 4.78 is 1.86. The van der Waals surface area contributed by atoms with E-state index in [2.05, 4.69) is 10.3 Å². The van der Waals surface area contributed by atoms with Gasteiger partial charge in [0.15, 0.2) is 0 Å². The van der Waals surface area contributed by atoms with E-state index >= 15 is 0 Å². The molecule has 5 nitrogen and oxygen atoms in total. The molecule has 0 aliphatic rings. The van der Waals surface area contributed by atoms with Crippen molar-refractivity contribution < 1.29 is 9.90 Å². The maximum absolute atomic E-state index is 12.2. The molecule has 1 atom stereocenters. The predicted octanol–water partition coefficient (Wildman–Crippen LogP) is 2.57. The molecule has 0 aliphatic carbocycles. The van der Waals surface area contributed by atoms with E-state index in [-0.39, 0.29) is 12.5 Å².